The van der Waals surface area contributed by atoms with Crippen molar-refractivity contribution in [3.8, 4) is 0 Å². The Hall–Kier alpha value is -2.90. The van der Waals surface area contributed by atoms with Gasteiger partial charge in [-0.15, -0.1) is 0 Å². The van der Waals surface area contributed by atoms with Gasteiger partial charge in [-0.2, -0.15) is 0 Å². The Morgan fingerprint density at radius 2 is 1.96 bits per heavy atom. The van der Waals surface area contributed by atoms with Crippen molar-refractivity contribution >= 4 is 29.4 Å². The Balaban J connectivity index is 1.30. The molecule has 2 saturated carbocycles. The number of hydrogen-bond donors (Lipinski definition) is 3. The van der Waals surface area contributed by atoms with Crippen LogP contribution in [0.15, 0.2) is 24.3 Å². The summed E-state index contributed by atoms with van der Waals surface area (Å²) in [5.41, 5.74) is 0.630. The molecule has 2 aliphatic carbocycles. The molecule has 1 saturated heterocycles. The Morgan fingerprint density at radius 3 is 2.64 bits per heavy atom. The van der Waals surface area contributed by atoms with Crippen LogP contribution in [-0.4, -0.2) is 40.7 Å². The molecule has 0 radical (unpaired) electrons. The van der Waals surface area contributed by atoms with E-state index in [-0.39, 0.29) is 36.7 Å². The molecular weight excluding hydrogens is 360 g/mol. The Bertz CT molecular complexity index is 846. The lowest BCUT2D eigenvalue weighted by Gasteiger charge is -2.20. The number of urea groups is 1. The maximum absolute atomic E-state index is 12.6. The largest absolute Gasteiger partial charge is 0.350 e. The Kier molecular flexibility index (Phi) is 4.56. The first kappa shape index (κ1) is 18.5. The van der Waals surface area contributed by atoms with Crippen LogP contribution in [0.3, 0.4) is 0 Å². The highest BCUT2D eigenvalue weighted by molar-refractivity contribution is 6.09. The van der Waals surface area contributed by atoms with Gasteiger partial charge >= 0.3 is 6.03 Å². The summed E-state index contributed by atoms with van der Waals surface area (Å²) >= 11 is 0. The van der Waals surface area contributed by atoms with E-state index in [0.717, 1.165) is 36.1 Å². The molecule has 0 bridgehead atoms. The fourth-order valence-corrected chi connectivity index (χ4v) is 3.55. The first-order chi connectivity index (χ1) is 13.4. The van der Waals surface area contributed by atoms with E-state index in [1.807, 2.05) is 12.1 Å². The number of imide groups is 1. The third-order valence-corrected chi connectivity index (χ3v) is 5.63. The molecule has 0 spiro atoms. The van der Waals surface area contributed by atoms with Crippen LogP contribution in [0.25, 0.3) is 0 Å². The standard InChI is InChI=1S/C20H24N4O4/c1-20(14-7-8-14)18(27)24(19(28)23-20)11-16(25)21-10-12-3-2-4-15(9-12)22-17(26)13-5-6-13/h2-4,9,13-14H,5-8,10-11H2,1H3,(H,21,25)(H,22,26)(H,23,28)/t20-/m0/s1. The predicted octanol–water partition coefficient (Wildman–Crippen LogP) is 1.37. The molecule has 28 heavy (non-hydrogen) atoms. The fraction of sp³-hybridized carbons (Fsp3) is 0.500. The molecule has 5 amide bonds. The minimum absolute atomic E-state index is 0.0263. The molecule has 1 atom stereocenters. The van der Waals surface area contributed by atoms with Crippen molar-refractivity contribution in [2.24, 2.45) is 11.8 Å². The van der Waals surface area contributed by atoms with Crippen LogP contribution in [0.5, 0.6) is 0 Å². The molecule has 8 nitrogen and oxygen atoms in total. The second kappa shape index (κ2) is 6.92. The zero-order valence-corrected chi connectivity index (χ0v) is 15.8. The van der Waals surface area contributed by atoms with Gasteiger partial charge in [-0.3, -0.25) is 19.3 Å². The molecule has 148 valence electrons. The highest BCUT2D eigenvalue weighted by atomic mass is 16.2. The monoisotopic (exact) mass is 384 g/mol. The summed E-state index contributed by atoms with van der Waals surface area (Å²) in [5.74, 6) is -0.436. The summed E-state index contributed by atoms with van der Waals surface area (Å²) in [6, 6.07) is 6.74. The predicted molar refractivity (Wildman–Crippen MR) is 101 cm³/mol. The van der Waals surface area contributed by atoms with Crippen molar-refractivity contribution in [2.45, 2.75) is 44.7 Å². The summed E-state index contributed by atoms with van der Waals surface area (Å²) in [5, 5.41) is 8.33. The summed E-state index contributed by atoms with van der Waals surface area (Å²) in [7, 11) is 0. The number of amides is 5. The zero-order valence-electron chi connectivity index (χ0n) is 15.8. The molecule has 4 rings (SSSR count). The molecule has 1 heterocycles. The summed E-state index contributed by atoms with van der Waals surface area (Å²) in [6.07, 6.45) is 3.70. The molecular formula is C20H24N4O4. The third-order valence-electron chi connectivity index (χ3n) is 5.63. The van der Waals surface area contributed by atoms with Crippen LogP contribution < -0.4 is 16.0 Å². The topological polar surface area (TPSA) is 108 Å². The lowest BCUT2D eigenvalue weighted by molar-refractivity contribution is -0.135. The normalized spacial score (nSPS) is 24.1. The Labute approximate surface area is 163 Å². The van der Waals surface area contributed by atoms with Gasteiger partial charge in [-0.05, 0) is 56.2 Å². The number of anilines is 1. The number of nitrogens with one attached hydrogen (secondary N) is 3. The lowest BCUT2D eigenvalue weighted by atomic mass is 9.96. The van der Waals surface area contributed by atoms with E-state index in [1.54, 1.807) is 19.1 Å². The smallest absolute Gasteiger partial charge is 0.325 e. The van der Waals surface area contributed by atoms with Gasteiger partial charge in [0.2, 0.25) is 11.8 Å². The molecule has 0 unspecified atom stereocenters. The van der Waals surface area contributed by atoms with Crippen molar-refractivity contribution in [2.75, 3.05) is 11.9 Å². The van der Waals surface area contributed by atoms with E-state index in [2.05, 4.69) is 16.0 Å². The number of hydrogen-bond acceptors (Lipinski definition) is 4. The van der Waals surface area contributed by atoms with E-state index in [0.29, 0.717) is 5.69 Å². The first-order valence-electron chi connectivity index (χ1n) is 9.67. The van der Waals surface area contributed by atoms with E-state index in [4.69, 9.17) is 0 Å². The van der Waals surface area contributed by atoms with E-state index in [1.165, 1.54) is 0 Å². The van der Waals surface area contributed by atoms with Gasteiger partial charge in [0.1, 0.15) is 12.1 Å². The van der Waals surface area contributed by atoms with E-state index < -0.39 is 17.5 Å². The first-order valence-corrected chi connectivity index (χ1v) is 9.67. The molecule has 3 N–H and O–H groups in total. The van der Waals surface area contributed by atoms with Gasteiger partial charge in [0, 0.05) is 18.2 Å². The van der Waals surface area contributed by atoms with Crippen molar-refractivity contribution < 1.29 is 19.2 Å². The minimum atomic E-state index is -0.883. The quantitative estimate of drug-likeness (QED) is 0.617. The van der Waals surface area contributed by atoms with Crippen LogP contribution in [0.1, 0.15) is 38.2 Å². The maximum atomic E-state index is 12.6. The average molecular weight is 384 g/mol. The van der Waals surface area contributed by atoms with Gasteiger partial charge in [-0.25, -0.2) is 4.79 Å². The molecule has 1 aliphatic heterocycles. The molecule has 3 aliphatic rings. The summed E-state index contributed by atoms with van der Waals surface area (Å²) < 4.78 is 0. The third kappa shape index (κ3) is 3.72. The van der Waals surface area contributed by atoms with Crippen molar-refractivity contribution in [3.63, 3.8) is 0 Å². The molecule has 8 heteroatoms. The van der Waals surface area contributed by atoms with Crippen molar-refractivity contribution in [3.05, 3.63) is 29.8 Å². The van der Waals surface area contributed by atoms with E-state index >= 15 is 0 Å². The second-order valence-corrected chi connectivity index (χ2v) is 8.04. The molecule has 3 fully saturated rings. The summed E-state index contributed by atoms with van der Waals surface area (Å²) in [6.45, 7) is 1.67. The second-order valence-electron chi connectivity index (χ2n) is 8.04. The highest BCUT2D eigenvalue weighted by Gasteiger charge is 2.56. The molecule has 1 aromatic rings. The van der Waals surface area contributed by atoms with Crippen LogP contribution in [0.2, 0.25) is 0 Å². The molecule has 0 aromatic heterocycles. The van der Waals surface area contributed by atoms with Crippen LogP contribution in [0.4, 0.5) is 10.5 Å². The zero-order chi connectivity index (χ0) is 19.9. The van der Waals surface area contributed by atoms with Crippen LogP contribution in [-0.2, 0) is 20.9 Å². The van der Waals surface area contributed by atoms with Gasteiger partial charge in [0.05, 0.1) is 0 Å². The maximum Gasteiger partial charge on any atom is 0.325 e. The Morgan fingerprint density at radius 1 is 1.21 bits per heavy atom. The number of rotatable bonds is 7. The number of carbonyl (C=O) groups excluding carboxylic acids is 4. The number of carbonyl (C=O) groups is 4. The van der Waals surface area contributed by atoms with Crippen LogP contribution >= 0.6 is 0 Å². The number of benzene rings is 1. The minimum Gasteiger partial charge on any atom is -0.350 e. The highest BCUT2D eigenvalue weighted by Crippen LogP contribution is 2.42. The van der Waals surface area contributed by atoms with Crippen molar-refractivity contribution in [1.29, 1.82) is 0 Å². The van der Waals surface area contributed by atoms with Gasteiger partial charge < -0.3 is 16.0 Å². The number of nitrogens with zero attached hydrogens (tertiary/aromatic N) is 1. The van der Waals surface area contributed by atoms with Gasteiger partial charge in [-0.1, -0.05) is 12.1 Å². The fourth-order valence-electron chi connectivity index (χ4n) is 3.55. The van der Waals surface area contributed by atoms with E-state index in [9.17, 15) is 19.2 Å². The molecule has 1 aromatic carbocycles. The lowest BCUT2D eigenvalue weighted by Crippen LogP contribution is -2.46. The summed E-state index contributed by atoms with van der Waals surface area (Å²) in [4.78, 5) is 49.8. The average Bonchev–Trinajstić information content (AvgIpc) is 3.56. The van der Waals surface area contributed by atoms with Gasteiger partial charge in [0.15, 0.2) is 0 Å². The SMILES string of the molecule is C[C@@]1(C2CC2)NC(=O)N(CC(=O)NCc2cccc(NC(=O)C3CC3)c2)C1=O. The van der Waals surface area contributed by atoms with Crippen molar-refractivity contribution in [1.82, 2.24) is 15.5 Å². The van der Waals surface area contributed by atoms with Gasteiger partial charge in [0.25, 0.3) is 5.91 Å². The van der Waals surface area contributed by atoms with Crippen LogP contribution in [0, 0.1) is 11.8 Å².